The van der Waals surface area contributed by atoms with Crippen molar-refractivity contribution in [3.05, 3.63) is 48.1 Å². The standard InChI is InChI=1S/C42H66O4/c1-6-7-8-9-10-11-12-13-14-15-16-17-18-19-20-23-38(43)45-36-27-24-35(25-28-36)26-29-39(44)46-41-37(33(2)3)30-32-42(5)31-21-22-34(4)40(41)42/h24-29,33,37,40-41H,4,6-23,30-32H2,1-3,5H3/b29-26+/t37-,40+,41-,42+/m0/s1. The molecule has 3 rings (SSSR count). The van der Waals surface area contributed by atoms with Crippen LogP contribution >= 0.6 is 0 Å². The van der Waals surface area contributed by atoms with E-state index in [9.17, 15) is 9.59 Å². The fourth-order valence-electron chi connectivity index (χ4n) is 8.02. The van der Waals surface area contributed by atoms with Crippen molar-refractivity contribution in [1.82, 2.24) is 0 Å². The lowest BCUT2D eigenvalue weighted by molar-refractivity contribution is -0.159. The van der Waals surface area contributed by atoms with Gasteiger partial charge in [-0.1, -0.05) is 142 Å². The molecule has 0 amide bonds. The molecule has 0 heterocycles. The highest BCUT2D eigenvalue weighted by Crippen LogP contribution is 2.55. The van der Waals surface area contributed by atoms with E-state index in [4.69, 9.17) is 9.47 Å². The van der Waals surface area contributed by atoms with Crippen molar-refractivity contribution in [2.75, 3.05) is 0 Å². The third kappa shape index (κ3) is 13.0. The molecule has 0 aromatic heterocycles. The van der Waals surface area contributed by atoms with Crippen molar-refractivity contribution in [1.29, 1.82) is 0 Å². The van der Waals surface area contributed by atoms with E-state index in [0.29, 0.717) is 24.0 Å². The summed E-state index contributed by atoms with van der Waals surface area (Å²) in [5.41, 5.74) is 2.30. The molecule has 4 nitrogen and oxygen atoms in total. The molecule has 2 aliphatic carbocycles. The molecular formula is C42H66O4. The monoisotopic (exact) mass is 634 g/mol. The van der Waals surface area contributed by atoms with Crippen molar-refractivity contribution < 1.29 is 19.1 Å². The van der Waals surface area contributed by atoms with Crippen LogP contribution in [0, 0.1) is 23.2 Å². The molecule has 0 bridgehead atoms. The Bertz CT molecular complexity index is 1070. The SMILES string of the molecule is C=C1CCC[C@]2(C)CC[C@@H](C(C)C)[C@H](OC(=O)/C=C/c3ccc(OC(=O)CCCCCCCCCCCCCCCCC)cc3)[C@@H]12. The van der Waals surface area contributed by atoms with Crippen LogP contribution in [0.4, 0.5) is 0 Å². The molecule has 4 atom stereocenters. The summed E-state index contributed by atoms with van der Waals surface area (Å²) < 4.78 is 11.8. The molecule has 2 aliphatic rings. The second kappa shape index (κ2) is 20.8. The van der Waals surface area contributed by atoms with E-state index < -0.39 is 0 Å². The first kappa shape index (κ1) is 38.1. The topological polar surface area (TPSA) is 52.6 Å². The number of fused-ring (bicyclic) bond motifs is 1. The van der Waals surface area contributed by atoms with Gasteiger partial charge in [-0.2, -0.15) is 0 Å². The molecule has 1 aromatic rings. The summed E-state index contributed by atoms with van der Waals surface area (Å²) >= 11 is 0. The maximum Gasteiger partial charge on any atom is 0.331 e. The highest BCUT2D eigenvalue weighted by molar-refractivity contribution is 5.87. The average Bonchev–Trinajstić information content (AvgIpc) is 3.02. The van der Waals surface area contributed by atoms with Gasteiger partial charge in [0.05, 0.1) is 0 Å². The third-order valence-corrected chi connectivity index (χ3v) is 10.9. The Morgan fingerprint density at radius 3 is 2.00 bits per heavy atom. The summed E-state index contributed by atoms with van der Waals surface area (Å²) in [4.78, 5) is 25.4. The Balaban J connectivity index is 1.29. The summed E-state index contributed by atoms with van der Waals surface area (Å²) in [6, 6.07) is 7.33. The van der Waals surface area contributed by atoms with E-state index >= 15 is 0 Å². The molecular weight excluding hydrogens is 568 g/mol. The third-order valence-electron chi connectivity index (χ3n) is 10.9. The number of hydrogen-bond donors (Lipinski definition) is 0. The largest absolute Gasteiger partial charge is 0.458 e. The lowest BCUT2D eigenvalue weighted by Gasteiger charge is -2.53. The maximum atomic E-state index is 13.0. The number of ether oxygens (including phenoxy) is 2. The first-order valence-corrected chi connectivity index (χ1v) is 19.1. The fourth-order valence-corrected chi connectivity index (χ4v) is 8.02. The normalized spacial score (nSPS) is 23.1. The molecule has 0 N–H and O–H groups in total. The van der Waals surface area contributed by atoms with Gasteiger partial charge in [-0.25, -0.2) is 4.79 Å². The van der Waals surface area contributed by atoms with Gasteiger partial charge in [0.1, 0.15) is 11.9 Å². The van der Waals surface area contributed by atoms with Crippen LogP contribution in [0.1, 0.15) is 168 Å². The molecule has 0 saturated heterocycles. The second-order valence-electron chi connectivity index (χ2n) is 15.1. The molecule has 258 valence electrons. The average molecular weight is 635 g/mol. The summed E-state index contributed by atoms with van der Waals surface area (Å²) in [5, 5.41) is 0. The minimum absolute atomic E-state index is 0.116. The quantitative estimate of drug-likeness (QED) is 0.0444. The van der Waals surface area contributed by atoms with Gasteiger partial charge in [0.25, 0.3) is 0 Å². The lowest BCUT2D eigenvalue weighted by Crippen LogP contribution is -2.50. The summed E-state index contributed by atoms with van der Waals surface area (Å²) in [7, 11) is 0. The Kier molecular flexibility index (Phi) is 17.2. The van der Waals surface area contributed by atoms with Crippen LogP contribution in [0.25, 0.3) is 6.08 Å². The zero-order chi connectivity index (χ0) is 33.2. The van der Waals surface area contributed by atoms with E-state index in [1.165, 1.54) is 114 Å². The predicted octanol–water partition coefficient (Wildman–Crippen LogP) is 12.2. The zero-order valence-corrected chi connectivity index (χ0v) is 30.0. The van der Waals surface area contributed by atoms with Gasteiger partial charge < -0.3 is 9.47 Å². The molecule has 0 spiro atoms. The van der Waals surface area contributed by atoms with Crippen LogP contribution in [0.15, 0.2) is 42.5 Å². The van der Waals surface area contributed by atoms with Gasteiger partial charge in [-0.15, -0.1) is 0 Å². The van der Waals surface area contributed by atoms with E-state index in [1.54, 1.807) is 18.2 Å². The predicted molar refractivity (Wildman–Crippen MR) is 193 cm³/mol. The van der Waals surface area contributed by atoms with Crippen molar-refractivity contribution in [2.24, 2.45) is 23.2 Å². The van der Waals surface area contributed by atoms with Crippen LogP contribution in [0.5, 0.6) is 5.75 Å². The van der Waals surface area contributed by atoms with Crippen LogP contribution < -0.4 is 4.74 Å². The van der Waals surface area contributed by atoms with E-state index in [-0.39, 0.29) is 29.4 Å². The molecule has 0 unspecified atom stereocenters. The summed E-state index contributed by atoms with van der Waals surface area (Å²) in [6.45, 7) is 13.5. The zero-order valence-electron chi connectivity index (χ0n) is 30.0. The Hall–Kier alpha value is -2.36. The van der Waals surface area contributed by atoms with Gasteiger partial charge in [0, 0.05) is 18.4 Å². The van der Waals surface area contributed by atoms with E-state index in [0.717, 1.165) is 31.2 Å². The number of carbonyl (C=O) groups excluding carboxylic acids is 2. The Morgan fingerprint density at radius 1 is 0.870 bits per heavy atom. The molecule has 2 saturated carbocycles. The molecule has 0 aliphatic heterocycles. The minimum Gasteiger partial charge on any atom is -0.458 e. The van der Waals surface area contributed by atoms with Crippen LogP contribution in [0.3, 0.4) is 0 Å². The molecule has 46 heavy (non-hydrogen) atoms. The van der Waals surface area contributed by atoms with Crippen molar-refractivity contribution >= 4 is 18.0 Å². The summed E-state index contributed by atoms with van der Waals surface area (Å²) in [5.74, 6) is 1.12. The molecule has 2 fully saturated rings. The van der Waals surface area contributed by atoms with Gasteiger partial charge in [-0.3, -0.25) is 4.79 Å². The van der Waals surface area contributed by atoms with Gasteiger partial charge >= 0.3 is 11.9 Å². The lowest BCUT2D eigenvalue weighted by atomic mass is 9.54. The van der Waals surface area contributed by atoms with E-state index in [1.807, 2.05) is 12.1 Å². The van der Waals surface area contributed by atoms with Crippen LogP contribution in [-0.4, -0.2) is 18.0 Å². The van der Waals surface area contributed by atoms with Crippen LogP contribution in [-0.2, 0) is 14.3 Å². The minimum atomic E-state index is -0.294. The van der Waals surface area contributed by atoms with Crippen molar-refractivity contribution in [2.45, 2.75) is 169 Å². The number of esters is 2. The molecule has 1 aromatic carbocycles. The van der Waals surface area contributed by atoms with Gasteiger partial charge in [0.15, 0.2) is 0 Å². The van der Waals surface area contributed by atoms with Crippen molar-refractivity contribution in [3.63, 3.8) is 0 Å². The van der Waals surface area contributed by atoms with Gasteiger partial charge in [0.2, 0.25) is 0 Å². The second-order valence-corrected chi connectivity index (χ2v) is 15.1. The molecule has 4 heteroatoms. The smallest absolute Gasteiger partial charge is 0.331 e. The number of unbranched alkanes of at least 4 members (excludes halogenated alkanes) is 14. The fraction of sp³-hybridized carbons (Fsp3) is 0.714. The first-order chi connectivity index (χ1) is 22.2. The first-order valence-electron chi connectivity index (χ1n) is 19.1. The van der Waals surface area contributed by atoms with E-state index in [2.05, 4.69) is 34.3 Å². The highest BCUT2D eigenvalue weighted by atomic mass is 16.5. The Labute approximate surface area is 282 Å². The number of rotatable bonds is 21. The maximum absolute atomic E-state index is 13.0. The molecule has 0 radical (unpaired) electrons. The Morgan fingerprint density at radius 2 is 1.43 bits per heavy atom. The number of benzene rings is 1. The van der Waals surface area contributed by atoms with Crippen molar-refractivity contribution in [3.8, 4) is 5.75 Å². The highest BCUT2D eigenvalue weighted by Gasteiger charge is 2.51. The summed E-state index contributed by atoms with van der Waals surface area (Å²) in [6.07, 6.45) is 29.0. The van der Waals surface area contributed by atoms with Gasteiger partial charge in [-0.05, 0) is 79.5 Å². The number of hydrogen-bond acceptors (Lipinski definition) is 4. The van der Waals surface area contributed by atoms with Crippen LogP contribution in [0.2, 0.25) is 0 Å². The number of carbonyl (C=O) groups is 2.